The fraction of sp³-hybridized carbons (Fsp3) is 0.588. The highest BCUT2D eigenvalue weighted by Gasteiger charge is 2.58. The van der Waals surface area contributed by atoms with Crippen LogP contribution in [0.5, 0.6) is 0 Å². The second-order valence-electron chi connectivity index (χ2n) is 6.49. The number of azide groups is 1. The normalized spacial score (nSPS) is 30.3. The molecule has 3 rings (SSSR count). The number of hydrogen-bond donors (Lipinski definition) is 0. The molecule has 26 heavy (non-hydrogen) atoms. The zero-order valence-electron chi connectivity index (χ0n) is 14.8. The lowest BCUT2D eigenvalue weighted by atomic mass is 10.1. The molecular formula is C17H21N3O6. The van der Waals surface area contributed by atoms with E-state index in [1.54, 1.807) is 38.1 Å². The molecule has 5 atom stereocenters. The molecule has 0 aliphatic carbocycles. The van der Waals surface area contributed by atoms with Gasteiger partial charge < -0.3 is 23.7 Å². The molecule has 1 aromatic rings. The third kappa shape index (κ3) is 3.82. The predicted molar refractivity (Wildman–Crippen MR) is 89.2 cm³/mol. The number of hydrogen-bond acceptors (Lipinski definition) is 7. The predicted octanol–water partition coefficient (Wildman–Crippen LogP) is 2.41. The zero-order valence-corrected chi connectivity index (χ0v) is 14.8. The van der Waals surface area contributed by atoms with E-state index in [0.29, 0.717) is 5.56 Å². The van der Waals surface area contributed by atoms with Gasteiger partial charge in [-0.1, -0.05) is 23.3 Å². The second-order valence-corrected chi connectivity index (χ2v) is 6.49. The zero-order chi connectivity index (χ0) is 18.7. The third-order valence-electron chi connectivity index (χ3n) is 4.27. The lowest BCUT2D eigenvalue weighted by Crippen LogP contribution is -2.41. The summed E-state index contributed by atoms with van der Waals surface area (Å²) in [5, 5.41) is 3.54. The van der Waals surface area contributed by atoms with Crippen LogP contribution in [0.2, 0.25) is 0 Å². The van der Waals surface area contributed by atoms with Crippen LogP contribution in [0, 0.1) is 0 Å². The monoisotopic (exact) mass is 363 g/mol. The Kier molecular flexibility index (Phi) is 5.45. The first kappa shape index (κ1) is 18.6. The highest BCUT2D eigenvalue weighted by molar-refractivity contribution is 5.89. The molecule has 0 spiro atoms. The highest BCUT2D eigenvalue weighted by Crippen LogP contribution is 2.40. The van der Waals surface area contributed by atoms with Crippen molar-refractivity contribution in [1.82, 2.24) is 0 Å². The molecule has 0 radical (unpaired) electrons. The van der Waals surface area contributed by atoms with Gasteiger partial charge in [0, 0.05) is 12.0 Å². The van der Waals surface area contributed by atoms with Crippen LogP contribution in [0.15, 0.2) is 35.4 Å². The summed E-state index contributed by atoms with van der Waals surface area (Å²) in [5.74, 6) is -1.38. The van der Waals surface area contributed by atoms with Gasteiger partial charge in [-0.2, -0.15) is 0 Å². The Morgan fingerprint density at radius 1 is 1.31 bits per heavy atom. The first-order chi connectivity index (χ1) is 12.4. The SMILES string of the molecule is CO[C@H](CN=[N+]=[N-])[C@H]1O[C@H](OC(=O)c2ccccc2)[C@H]2OC(C)(C)O[C@H]21. The molecule has 2 saturated heterocycles. The molecule has 9 heteroatoms. The van der Waals surface area contributed by atoms with Crippen LogP contribution in [0.3, 0.4) is 0 Å². The first-order valence-corrected chi connectivity index (χ1v) is 8.26. The van der Waals surface area contributed by atoms with Crippen LogP contribution in [0.25, 0.3) is 10.4 Å². The van der Waals surface area contributed by atoms with Gasteiger partial charge in [0.05, 0.1) is 18.2 Å². The molecule has 9 nitrogen and oxygen atoms in total. The van der Waals surface area contributed by atoms with Crippen molar-refractivity contribution in [2.45, 2.75) is 50.3 Å². The van der Waals surface area contributed by atoms with Crippen molar-refractivity contribution < 1.29 is 28.5 Å². The van der Waals surface area contributed by atoms with E-state index in [2.05, 4.69) is 10.0 Å². The van der Waals surface area contributed by atoms with Crippen molar-refractivity contribution in [3.8, 4) is 0 Å². The Morgan fingerprint density at radius 3 is 2.65 bits per heavy atom. The smallest absolute Gasteiger partial charge is 0.340 e. The number of carbonyl (C=O) groups is 1. The number of nitrogens with zero attached hydrogens (tertiary/aromatic N) is 3. The Labute approximate surface area is 150 Å². The Hall–Kier alpha value is -2.16. The van der Waals surface area contributed by atoms with Crippen molar-refractivity contribution >= 4 is 5.97 Å². The van der Waals surface area contributed by atoms with Crippen molar-refractivity contribution in [3.05, 3.63) is 46.3 Å². The van der Waals surface area contributed by atoms with Crippen molar-refractivity contribution in [2.24, 2.45) is 5.11 Å². The molecule has 1 aromatic carbocycles. The maximum absolute atomic E-state index is 12.4. The summed E-state index contributed by atoms with van der Waals surface area (Å²) in [6, 6.07) is 8.61. The number of benzene rings is 1. The topological polar surface area (TPSA) is 112 Å². The minimum Gasteiger partial charge on any atom is -0.429 e. The highest BCUT2D eigenvalue weighted by atomic mass is 16.8. The van der Waals surface area contributed by atoms with Gasteiger partial charge in [0.25, 0.3) is 0 Å². The largest absolute Gasteiger partial charge is 0.429 e. The van der Waals surface area contributed by atoms with Gasteiger partial charge in [-0.3, -0.25) is 0 Å². The van der Waals surface area contributed by atoms with Crippen molar-refractivity contribution in [2.75, 3.05) is 13.7 Å². The van der Waals surface area contributed by atoms with Gasteiger partial charge >= 0.3 is 5.97 Å². The van der Waals surface area contributed by atoms with Gasteiger partial charge in [0.1, 0.15) is 12.2 Å². The number of esters is 1. The number of methoxy groups -OCH3 is 1. The van der Waals surface area contributed by atoms with E-state index in [4.69, 9.17) is 29.2 Å². The standard InChI is InChI=1S/C17H21N3O6/c1-17(2)25-13-12(11(22-3)9-19-20-18)23-16(14(13)26-17)24-15(21)10-7-5-4-6-8-10/h4-8,11-14,16H,9H2,1-3H3/t11-,12-,13+,14+,16-/m1/s1. The molecule has 0 saturated carbocycles. The first-order valence-electron chi connectivity index (χ1n) is 8.26. The van der Waals surface area contributed by atoms with E-state index in [0.717, 1.165) is 0 Å². The van der Waals surface area contributed by atoms with Crippen LogP contribution in [0.4, 0.5) is 0 Å². The minimum atomic E-state index is -0.955. The number of fused-ring (bicyclic) bond motifs is 1. The Balaban J connectivity index is 1.78. The van der Waals surface area contributed by atoms with Crippen molar-refractivity contribution in [1.29, 1.82) is 0 Å². The average Bonchev–Trinajstić information content (AvgIpc) is 3.11. The molecule has 2 aliphatic rings. The maximum Gasteiger partial charge on any atom is 0.340 e. The average molecular weight is 363 g/mol. The van der Waals surface area contributed by atoms with E-state index >= 15 is 0 Å². The summed E-state index contributed by atoms with van der Waals surface area (Å²) in [6.07, 6.45) is -3.24. The molecule has 2 fully saturated rings. The molecule has 0 aromatic heterocycles. The van der Waals surface area contributed by atoms with Crippen LogP contribution >= 0.6 is 0 Å². The summed E-state index contributed by atoms with van der Waals surface area (Å²) in [5.41, 5.74) is 8.97. The summed E-state index contributed by atoms with van der Waals surface area (Å²) in [4.78, 5) is 15.1. The molecule has 0 bridgehead atoms. The van der Waals surface area contributed by atoms with Gasteiger partial charge in [0.2, 0.25) is 6.29 Å². The lowest BCUT2D eigenvalue weighted by Gasteiger charge is -2.27. The van der Waals surface area contributed by atoms with Crippen molar-refractivity contribution in [3.63, 3.8) is 0 Å². The van der Waals surface area contributed by atoms with Gasteiger partial charge in [-0.25, -0.2) is 4.79 Å². The second kappa shape index (κ2) is 7.61. The molecule has 2 aliphatic heterocycles. The molecule has 0 unspecified atom stereocenters. The fourth-order valence-electron chi connectivity index (χ4n) is 3.16. The summed E-state index contributed by atoms with van der Waals surface area (Å²) in [7, 11) is 1.49. The molecule has 2 heterocycles. The Morgan fingerprint density at radius 2 is 2.00 bits per heavy atom. The van der Waals surface area contributed by atoms with Gasteiger partial charge in [-0.05, 0) is 31.5 Å². The number of rotatable bonds is 6. The lowest BCUT2D eigenvalue weighted by molar-refractivity contribution is -0.231. The maximum atomic E-state index is 12.4. The third-order valence-corrected chi connectivity index (χ3v) is 4.27. The van der Waals surface area contributed by atoms with Gasteiger partial charge in [0.15, 0.2) is 11.9 Å². The van der Waals surface area contributed by atoms with Crippen LogP contribution < -0.4 is 0 Å². The minimum absolute atomic E-state index is 0.0596. The van der Waals surface area contributed by atoms with Crippen LogP contribution in [0.1, 0.15) is 24.2 Å². The number of carbonyl (C=O) groups excluding carboxylic acids is 1. The Bertz CT molecular complexity index is 691. The number of ether oxygens (including phenoxy) is 5. The van der Waals surface area contributed by atoms with E-state index in [9.17, 15) is 4.79 Å². The molecule has 0 amide bonds. The van der Waals surface area contributed by atoms with E-state index in [1.165, 1.54) is 7.11 Å². The van der Waals surface area contributed by atoms with Crippen LogP contribution in [-0.4, -0.2) is 56.1 Å². The van der Waals surface area contributed by atoms with E-state index in [1.807, 2.05) is 6.07 Å². The summed E-state index contributed by atoms with van der Waals surface area (Å²) >= 11 is 0. The molecule has 0 N–H and O–H groups in total. The summed E-state index contributed by atoms with van der Waals surface area (Å²) in [6.45, 7) is 3.60. The van der Waals surface area contributed by atoms with Gasteiger partial charge in [-0.15, -0.1) is 0 Å². The summed E-state index contributed by atoms with van der Waals surface area (Å²) < 4.78 is 28.5. The molecule has 140 valence electrons. The van der Waals surface area contributed by atoms with Crippen LogP contribution in [-0.2, 0) is 23.7 Å². The van der Waals surface area contributed by atoms with E-state index < -0.39 is 42.5 Å². The quantitative estimate of drug-likeness (QED) is 0.332. The fourth-order valence-corrected chi connectivity index (χ4v) is 3.16. The van der Waals surface area contributed by atoms with E-state index in [-0.39, 0.29) is 6.54 Å². The molecular weight excluding hydrogens is 342 g/mol.